The van der Waals surface area contributed by atoms with Gasteiger partial charge in [0.25, 0.3) is 0 Å². The van der Waals surface area contributed by atoms with Gasteiger partial charge >= 0.3 is 0 Å². The maximum atomic E-state index is 12.2. The molecular formula is C17H24N2O2. The Morgan fingerprint density at radius 1 is 1.48 bits per heavy atom. The number of carbonyl (C=O) groups excluding carboxylic acids is 1. The fourth-order valence-electron chi connectivity index (χ4n) is 2.49. The number of nitrogens with zero attached hydrogens (tertiary/aromatic N) is 2. The Kier molecular flexibility index (Phi) is 4.66. The summed E-state index contributed by atoms with van der Waals surface area (Å²) in [6, 6.07) is 0. The number of likely N-dealkylation sites (N-methyl/N-ethyl adjacent to an activating group) is 1. The van der Waals surface area contributed by atoms with E-state index in [2.05, 4.69) is 4.98 Å². The van der Waals surface area contributed by atoms with Crippen molar-refractivity contribution in [2.75, 3.05) is 14.2 Å². The van der Waals surface area contributed by atoms with Crippen LogP contribution in [-0.2, 0) is 11.3 Å². The van der Waals surface area contributed by atoms with Crippen LogP contribution >= 0.6 is 0 Å². The molecule has 4 heteroatoms. The van der Waals surface area contributed by atoms with Crippen LogP contribution in [0.5, 0.6) is 5.75 Å². The maximum Gasteiger partial charge on any atom is 0.246 e. The molecular weight excluding hydrogens is 264 g/mol. The van der Waals surface area contributed by atoms with Crippen LogP contribution in [0.4, 0.5) is 0 Å². The van der Waals surface area contributed by atoms with Gasteiger partial charge in [0.15, 0.2) is 0 Å². The van der Waals surface area contributed by atoms with E-state index >= 15 is 0 Å². The molecule has 1 aromatic heterocycles. The molecule has 2 rings (SSSR count). The van der Waals surface area contributed by atoms with Gasteiger partial charge in [-0.25, -0.2) is 0 Å². The Labute approximate surface area is 126 Å². The van der Waals surface area contributed by atoms with Crippen molar-refractivity contribution in [3.8, 4) is 5.75 Å². The van der Waals surface area contributed by atoms with Crippen LogP contribution in [0.15, 0.2) is 17.8 Å². The molecule has 0 N–H and O–H groups in total. The quantitative estimate of drug-likeness (QED) is 0.782. The number of ether oxygens (including phenoxy) is 1. The van der Waals surface area contributed by atoms with Crippen LogP contribution < -0.4 is 4.74 Å². The summed E-state index contributed by atoms with van der Waals surface area (Å²) in [6.45, 7) is 6.49. The second-order valence-electron chi connectivity index (χ2n) is 5.90. The summed E-state index contributed by atoms with van der Waals surface area (Å²) in [4.78, 5) is 18.4. The molecule has 0 aromatic carbocycles. The lowest BCUT2D eigenvalue weighted by Gasteiger charge is -2.18. The average molecular weight is 288 g/mol. The van der Waals surface area contributed by atoms with E-state index in [1.54, 1.807) is 24.3 Å². The van der Waals surface area contributed by atoms with Crippen LogP contribution in [0.2, 0.25) is 0 Å². The molecule has 1 amide bonds. The first kappa shape index (κ1) is 15.5. The molecule has 0 atom stereocenters. The smallest absolute Gasteiger partial charge is 0.246 e. The summed E-state index contributed by atoms with van der Waals surface area (Å²) in [6.07, 6.45) is 5.99. The van der Waals surface area contributed by atoms with Gasteiger partial charge in [0.2, 0.25) is 5.91 Å². The summed E-state index contributed by atoms with van der Waals surface area (Å²) in [5.74, 6) is 1.52. The van der Waals surface area contributed by atoms with Gasteiger partial charge < -0.3 is 9.64 Å². The second kappa shape index (κ2) is 6.29. The largest absolute Gasteiger partial charge is 0.496 e. The average Bonchev–Trinajstić information content (AvgIpc) is 3.26. The topological polar surface area (TPSA) is 42.4 Å². The number of amides is 1. The fourth-order valence-corrected chi connectivity index (χ4v) is 2.49. The van der Waals surface area contributed by atoms with Crippen LogP contribution in [0, 0.1) is 19.8 Å². The van der Waals surface area contributed by atoms with Gasteiger partial charge in [-0.2, -0.15) is 0 Å². The monoisotopic (exact) mass is 288 g/mol. The second-order valence-corrected chi connectivity index (χ2v) is 5.90. The molecule has 21 heavy (non-hydrogen) atoms. The zero-order valence-electron chi connectivity index (χ0n) is 13.6. The molecule has 0 bridgehead atoms. The molecule has 0 unspecified atom stereocenters. The highest BCUT2D eigenvalue weighted by atomic mass is 16.5. The number of carbonyl (C=O) groups is 1. The van der Waals surface area contributed by atoms with Gasteiger partial charge in [-0.1, -0.05) is 5.57 Å². The first-order chi connectivity index (χ1) is 9.93. The molecule has 1 saturated carbocycles. The van der Waals surface area contributed by atoms with Crippen LogP contribution in [0.1, 0.15) is 36.6 Å². The summed E-state index contributed by atoms with van der Waals surface area (Å²) < 4.78 is 5.41. The molecule has 1 fully saturated rings. The van der Waals surface area contributed by atoms with E-state index in [1.165, 1.54) is 18.4 Å². The summed E-state index contributed by atoms with van der Waals surface area (Å²) in [7, 11) is 3.47. The van der Waals surface area contributed by atoms with Crippen molar-refractivity contribution in [1.82, 2.24) is 9.88 Å². The van der Waals surface area contributed by atoms with E-state index in [4.69, 9.17) is 4.74 Å². The number of methoxy groups -OCH3 is 1. The number of aromatic nitrogens is 1. The Hall–Kier alpha value is -1.84. The normalized spacial score (nSPS) is 15.0. The third-order valence-corrected chi connectivity index (χ3v) is 4.09. The minimum atomic E-state index is 0.0418. The van der Waals surface area contributed by atoms with Crippen molar-refractivity contribution >= 4 is 5.91 Å². The van der Waals surface area contributed by atoms with Gasteiger partial charge in [0.05, 0.1) is 19.3 Å². The van der Waals surface area contributed by atoms with Crippen molar-refractivity contribution in [3.63, 3.8) is 0 Å². The zero-order chi connectivity index (χ0) is 15.6. The van der Waals surface area contributed by atoms with Gasteiger partial charge in [0, 0.05) is 30.4 Å². The van der Waals surface area contributed by atoms with E-state index in [-0.39, 0.29) is 5.91 Å². The molecule has 1 aromatic rings. The molecule has 114 valence electrons. The number of hydrogen-bond donors (Lipinski definition) is 0. The van der Waals surface area contributed by atoms with E-state index in [0.29, 0.717) is 12.5 Å². The molecule has 0 saturated heterocycles. The minimum Gasteiger partial charge on any atom is -0.496 e. The van der Waals surface area contributed by atoms with Crippen molar-refractivity contribution in [2.24, 2.45) is 5.92 Å². The Morgan fingerprint density at radius 3 is 2.71 bits per heavy atom. The van der Waals surface area contributed by atoms with Gasteiger partial charge in [-0.15, -0.1) is 0 Å². The SMILES string of the molecule is COc1c(C)cnc(CN(C)C(=O)C=C(C)C2CC2)c1C. The molecule has 0 radical (unpaired) electrons. The number of hydrogen-bond acceptors (Lipinski definition) is 3. The number of aryl methyl sites for hydroxylation is 1. The van der Waals surface area contributed by atoms with Crippen LogP contribution in [0.25, 0.3) is 0 Å². The molecule has 1 heterocycles. The molecule has 0 aliphatic heterocycles. The van der Waals surface area contributed by atoms with E-state index in [1.807, 2.05) is 27.8 Å². The minimum absolute atomic E-state index is 0.0418. The molecule has 1 aliphatic rings. The number of rotatable bonds is 5. The maximum absolute atomic E-state index is 12.2. The van der Waals surface area contributed by atoms with Gasteiger partial charge in [0.1, 0.15) is 5.75 Å². The lowest BCUT2D eigenvalue weighted by Crippen LogP contribution is -2.25. The number of allylic oxidation sites excluding steroid dienone is 1. The van der Waals surface area contributed by atoms with Crippen LogP contribution in [0.3, 0.4) is 0 Å². The van der Waals surface area contributed by atoms with Crippen LogP contribution in [-0.4, -0.2) is 29.9 Å². The first-order valence-corrected chi connectivity index (χ1v) is 7.36. The standard InChI is InChI=1S/C17H24N2O2/c1-11(14-6-7-14)8-16(20)19(4)10-15-13(3)17(21-5)12(2)9-18-15/h8-9,14H,6-7,10H2,1-5H3. The van der Waals surface area contributed by atoms with Gasteiger partial charge in [-0.05, 0) is 39.5 Å². The Bertz CT molecular complexity index is 574. The lowest BCUT2D eigenvalue weighted by molar-refractivity contribution is -0.125. The first-order valence-electron chi connectivity index (χ1n) is 7.36. The molecule has 4 nitrogen and oxygen atoms in total. The van der Waals surface area contributed by atoms with Gasteiger partial charge in [-0.3, -0.25) is 9.78 Å². The van der Waals surface area contributed by atoms with Crippen molar-refractivity contribution in [1.29, 1.82) is 0 Å². The van der Waals surface area contributed by atoms with E-state index in [9.17, 15) is 4.79 Å². The predicted molar refractivity (Wildman–Crippen MR) is 83.2 cm³/mol. The fraction of sp³-hybridized carbons (Fsp3) is 0.529. The van der Waals surface area contributed by atoms with Crippen molar-refractivity contribution in [3.05, 3.63) is 34.7 Å². The lowest BCUT2D eigenvalue weighted by atomic mass is 10.1. The predicted octanol–water partition coefficient (Wildman–Crippen LogP) is 3.02. The Morgan fingerprint density at radius 2 is 2.14 bits per heavy atom. The third kappa shape index (κ3) is 3.63. The molecule has 0 spiro atoms. The third-order valence-electron chi connectivity index (χ3n) is 4.09. The highest BCUT2D eigenvalue weighted by molar-refractivity contribution is 5.88. The van der Waals surface area contributed by atoms with E-state index in [0.717, 1.165) is 22.6 Å². The molecule has 1 aliphatic carbocycles. The summed E-state index contributed by atoms with van der Waals surface area (Å²) in [5.41, 5.74) is 4.08. The summed E-state index contributed by atoms with van der Waals surface area (Å²) in [5, 5.41) is 0. The van der Waals surface area contributed by atoms with E-state index < -0.39 is 0 Å². The van der Waals surface area contributed by atoms with Crippen molar-refractivity contribution < 1.29 is 9.53 Å². The zero-order valence-corrected chi connectivity index (χ0v) is 13.6. The highest BCUT2D eigenvalue weighted by Gasteiger charge is 2.24. The van der Waals surface area contributed by atoms with Crippen molar-refractivity contribution in [2.45, 2.75) is 40.2 Å². The highest BCUT2D eigenvalue weighted by Crippen LogP contribution is 2.36. The Balaban J connectivity index is 2.10. The summed E-state index contributed by atoms with van der Waals surface area (Å²) >= 11 is 0. The number of pyridine rings is 1.